The summed E-state index contributed by atoms with van der Waals surface area (Å²) in [5.41, 5.74) is 7.65. The molecule has 0 bridgehead atoms. The van der Waals surface area contributed by atoms with Crippen molar-refractivity contribution in [2.24, 2.45) is 11.7 Å². The van der Waals surface area contributed by atoms with Crippen molar-refractivity contribution >= 4 is 0 Å². The zero-order chi connectivity index (χ0) is 11.0. The highest BCUT2D eigenvalue weighted by molar-refractivity contribution is 5.10. The lowest BCUT2D eigenvalue weighted by molar-refractivity contribution is 0.0558. The molecule has 1 aliphatic carbocycles. The largest absolute Gasteiger partial charge is 0.323 e. The van der Waals surface area contributed by atoms with Crippen molar-refractivity contribution in [3.8, 4) is 0 Å². The zero-order valence-electron chi connectivity index (χ0n) is 9.60. The molecule has 2 N–H and O–H groups in total. The van der Waals surface area contributed by atoms with E-state index >= 15 is 0 Å². The first kappa shape index (κ1) is 10.2. The maximum absolute atomic E-state index is 6.31. The first-order valence-corrected chi connectivity index (χ1v) is 6.17. The fourth-order valence-electron chi connectivity index (χ4n) is 2.68. The molecule has 3 heteroatoms. The Morgan fingerprint density at radius 3 is 2.81 bits per heavy atom. The Morgan fingerprint density at radius 1 is 1.38 bits per heavy atom. The second-order valence-electron chi connectivity index (χ2n) is 5.29. The van der Waals surface area contributed by atoms with Crippen molar-refractivity contribution in [3.05, 3.63) is 30.1 Å². The van der Waals surface area contributed by atoms with Gasteiger partial charge in [0.25, 0.3) is 0 Å². The fourth-order valence-corrected chi connectivity index (χ4v) is 2.68. The first-order valence-electron chi connectivity index (χ1n) is 6.17. The minimum Gasteiger partial charge on any atom is -0.323 e. The maximum atomic E-state index is 6.31. The molecule has 0 unspecified atom stereocenters. The summed E-state index contributed by atoms with van der Waals surface area (Å²) in [4.78, 5) is 6.79. The number of hydrogen-bond acceptors (Lipinski definition) is 3. The van der Waals surface area contributed by atoms with Gasteiger partial charge in [0.1, 0.15) is 0 Å². The maximum Gasteiger partial charge on any atom is 0.0440 e. The summed E-state index contributed by atoms with van der Waals surface area (Å²) in [6.45, 7) is 3.28. The third-order valence-electron chi connectivity index (χ3n) is 3.84. The van der Waals surface area contributed by atoms with E-state index in [4.69, 9.17) is 5.73 Å². The highest BCUT2D eigenvalue weighted by Gasteiger charge is 2.49. The van der Waals surface area contributed by atoms with Gasteiger partial charge in [-0.05, 0) is 30.9 Å². The molecule has 1 aromatic rings. The van der Waals surface area contributed by atoms with Crippen molar-refractivity contribution < 1.29 is 0 Å². The molecule has 3 rings (SSSR count). The van der Waals surface area contributed by atoms with Gasteiger partial charge in [-0.1, -0.05) is 6.07 Å². The highest BCUT2D eigenvalue weighted by Crippen LogP contribution is 2.42. The lowest BCUT2D eigenvalue weighted by Gasteiger charge is -2.48. The van der Waals surface area contributed by atoms with E-state index in [0.29, 0.717) is 0 Å². The molecular formula is C13H19N3. The Balaban J connectivity index is 1.45. The number of nitrogens with zero attached hydrogens (tertiary/aromatic N) is 2. The van der Waals surface area contributed by atoms with Crippen molar-refractivity contribution in [2.75, 3.05) is 19.6 Å². The lowest BCUT2D eigenvalue weighted by atomic mass is 9.85. The van der Waals surface area contributed by atoms with Crippen LogP contribution < -0.4 is 5.73 Å². The summed E-state index contributed by atoms with van der Waals surface area (Å²) in [7, 11) is 0. The van der Waals surface area contributed by atoms with Gasteiger partial charge in [-0.15, -0.1) is 0 Å². The number of nitrogens with two attached hydrogens (primary N) is 1. The predicted molar refractivity (Wildman–Crippen MR) is 64.0 cm³/mol. The van der Waals surface area contributed by atoms with Crippen LogP contribution in [0.5, 0.6) is 0 Å². The average Bonchev–Trinajstić information content (AvgIpc) is 3.08. The van der Waals surface area contributed by atoms with E-state index in [2.05, 4.69) is 22.0 Å². The third-order valence-corrected chi connectivity index (χ3v) is 3.84. The van der Waals surface area contributed by atoms with Gasteiger partial charge < -0.3 is 5.73 Å². The fraction of sp³-hybridized carbons (Fsp3) is 0.615. The van der Waals surface area contributed by atoms with Gasteiger partial charge >= 0.3 is 0 Å². The summed E-state index contributed by atoms with van der Waals surface area (Å²) in [6.07, 6.45) is 5.61. The summed E-state index contributed by atoms with van der Waals surface area (Å²) < 4.78 is 0. The summed E-state index contributed by atoms with van der Waals surface area (Å²) >= 11 is 0. The van der Waals surface area contributed by atoms with Crippen molar-refractivity contribution in [1.29, 1.82) is 0 Å². The Hall–Kier alpha value is -0.930. The van der Waals surface area contributed by atoms with Crippen LogP contribution in [0.3, 0.4) is 0 Å². The van der Waals surface area contributed by atoms with Crippen molar-refractivity contribution in [1.82, 2.24) is 9.88 Å². The standard InChI is InChI=1S/C13H19N3/c14-13(11-4-5-11)9-16(10-13)8-6-12-3-1-2-7-15-12/h1-3,7,11H,4-6,8-10,14H2. The van der Waals surface area contributed by atoms with Crippen LogP contribution in [0.4, 0.5) is 0 Å². The summed E-state index contributed by atoms with van der Waals surface area (Å²) in [5, 5.41) is 0. The van der Waals surface area contributed by atoms with Gasteiger partial charge in [0.15, 0.2) is 0 Å². The zero-order valence-corrected chi connectivity index (χ0v) is 9.60. The lowest BCUT2D eigenvalue weighted by Crippen LogP contribution is -2.68. The molecule has 16 heavy (non-hydrogen) atoms. The molecule has 1 aromatic heterocycles. The molecule has 0 spiro atoms. The second-order valence-corrected chi connectivity index (χ2v) is 5.29. The third kappa shape index (κ3) is 1.97. The molecule has 0 amide bonds. The smallest absolute Gasteiger partial charge is 0.0440 e. The molecule has 2 heterocycles. The average molecular weight is 217 g/mol. The Bertz CT molecular complexity index is 353. The number of rotatable bonds is 4. The molecule has 0 radical (unpaired) electrons. The van der Waals surface area contributed by atoms with Gasteiger partial charge in [0.2, 0.25) is 0 Å². The van der Waals surface area contributed by atoms with Crippen LogP contribution in [0.25, 0.3) is 0 Å². The SMILES string of the molecule is NC1(C2CC2)CN(CCc2ccccn2)C1. The van der Waals surface area contributed by atoms with E-state index in [-0.39, 0.29) is 5.54 Å². The number of hydrogen-bond donors (Lipinski definition) is 1. The number of likely N-dealkylation sites (tertiary alicyclic amines) is 1. The van der Waals surface area contributed by atoms with Crippen molar-refractivity contribution in [2.45, 2.75) is 24.8 Å². The molecule has 86 valence electrons. The molecule has 0 atom stereocenters. The molecule has 2 aliphatic rings. The molecular weight excluding hydrogens is 198 g/mol. The quantitative estimate of drug-likeness (QED) is 0.819. The molecule has 2 fully saturated rings. The van der Waals surface area contributed by atoms with Crippen LogP contribution in [0.1, 0.15) is 18.5 Å². The number of aromatic nitrogens is 1. The van der Waals surface area contributed by atoms with Gasteiger partial charge in [-0.3, -0.25) is 9.88 Å². The van der Waals surface area contributed by atoms with Crippen LogP contribution in [-0.4, -0.2) is 35.1 Å². The van der Waals surface area contributed by atoms with E-state index in [9.17, 15) is 0 Å². The second kappa shape index (κ2) is 3.82. The monoisotopic (exact) mass is 217 g/mol. The van der Waals surface area contributed by atoms with E-state index in [1.165, 1.54) is 18.5 Å². The van der Waals surface area contributed by atoms with Crippen molar-refractivity contribution in [3.63, 3.8) is 0 Å². The van der Waals surface area contributed by atoms with Crippen LogP contribution in [-0.2, 0) is 6.42 Å². The highest BCUT2D eigenvalue weighted by atomic mass is 15.3. The van der Waals surface area contributed by atoms with Gasteiger partial charge in [-0.25, -0.2) is 0 Å². The van der Waals surface area contributed by atoms with Crippen LogP contribution in [0.15, 0.2) is 24.4 Å². The predicted octanol–water partition coefficient (Wildman–Crippen LogP) is 1.05. The molecule has 1 saturated heterocycles. The Morgan fingerprint density at radius 2 is 2.19 bits per heavy atom. The van der Waals surface area contributed by atoms with E-state index in [0.717, 1.165) is 32.0 Å². The molecule has 0 aromatic carbocycles. The molecule has 1 saturated carbocycles. The normalized spacial score (nSPS) is 24.1. The Kier molecular flexibility index (Phi) is 2.45. The first-order chi connectivity index (χ1) is 7.76. The minimum absolute atomic E-state index is 0.157. The molecule has 1 aliphatic heterocycles. The Labute approximate surface area is 96.7 Å². The van der Waals surface area contributed by atoms with Gasteiger partial charge in [0.05, 0.1) is 0 Å². The van der Waals surface area contributed by atoms with E-state index in [1.54, 1.807) is 0 Å². The van der Waals surface area contributed by atoms with Gasteiger partial charge in [-0.2, -0.15) is 0 Å². The van der Waals surface area contributed by atoms with Gasteiger partial charge in [0, 0.05) is 43.5 Å². The van der Waals surface area contributed by atoms with E-state index in [1.807, 2.05) is 12.3 Å². The summed E-state index contributed by atoms with van der Waals surface area (Å²) in [5.74, 6) is 0.818. The van der Waals surface area contributed by atoms with Crippen LogP contribution in [0.2, 0.25) is 0 Å². The van der Waals surface area contributed by atoms with Crippen LogP contribution >= 0.6 is 0 Å². The van der Waals surface area contributed by atoms with Crippen LogP contribution in [0, 0.1) is 5.92 Å². The van der Waals surface area contributed by atoms with E-state index < -0.39 is 0 Å². The topological polar surface area (TPSA) is 42.1 Å². The minimum atomic E-state index is 0.157. The molecule has 3 nitrogen and oxygen atoms in total. The number of pyridine rings is 1. The summed E-state index contributed by atoms with van der Waals surface area (Å²) in [6, 6.07) is 6.11.